The third-order valence-electron chi connectivity index (χ3n) is 3.82. The molecule has 0 aliphatic rings. The number of para-hydroxylation sites is 1. The normalized spacial score (nSPS) is 11.2. The lowest BCUT2D eigenvalue weighted by atomic mass is 10.2. The molecule has 0 aliphatic heterocycles. The van der Waals surface area contributed by atoms with E-state index >= 15 is 0 Å². The molecule has 0 fully saturated rings. The summed E-state index contributed by atoms with van der Waals surface area (Å²) in [7, 11) is 0. The molecule has 5 heteroatoms. The average Bonchev–Trinajstić information content (AvgIpc) is 3.22. The summed E-state index contributed by atoms with van der Waals surface area (Å²) in [6.45, 7) is 2.38. The Kier molecular flexibility index (Phi) is 4.36. The molecule has 120 valence electrons. The largest absolute Gasteiger partial charge is 0.306 e. The van der Waals surface area contributed by atoms with Crippen molar-refractivity contribution in [2.45, 2.75) is 19.6 Å². The number of aromatic nitrogens is 3. The summed E-state index contributed by atoms with van der Waals surface area (Å²) in [5, 5.41) is 9.00. The molecule has 0 saturated carbocycles. The average molecular weight is 334 g/mol. The molecule has 24 heavy (non-hydrogen) atoms. The molecule has 2 heterocycles. The maximum atomic E-state index is 4.64. The van der Waals surface area contributed by atoms with E-state index in [-0.39, 0.29) is 0 Å². The predicted molar refractivity (Wildman–Crippen MR) is 97.9 cm³/mol. The van der Waals surface area contributed by atoms with E-state index in [0.29, 0.717) is 0 Å². The highest BCUT2D eigenvalue weighted by Crippen LogP contribution is 2.21. The van der Waals surface area contributed by atoms with Crippen molar-refractivity contribution in [2.24, 2.45) is 0 Å². The molecule has 0 aliphatic carbocycles. The van der Waals surface area contributed by atoms with Gasteiger partial charge in [0.1, 0.15) is 5.01 Å². The van der Waals surface area contributed by atoms with Gasteiger partial charge in [0, 0.05) is 24.8 Å². The smallest absolute Gasteiger partial charge is 0.108 e. The summed E-state index contributed by atoms with van der Waals surface area (Å²) >= 11 is 1.74. The summed E-state index contributed by atoms with van der Waals surface area (Å²) in [4.78, 5) is 4.64. The number of rotatable bonds is 6. The zero-order chi connectivity index (χ0) is 16.2. The highest BCUT2D eigenvalue weighted by atomic mass is 32.1. The molecule has 1 N–H and O–H groups in total. The first-order valence-electron chi connectivity index (χ1n) is 7.97. The van der Waals surface area contributed by atoms with E-state index in [4.69, 9.17) is 0 Å². The summed E-state index contributed by atoms with van der Waals surface area (Å²) in [6, 6.07) is 18.6. The summed E-state index contributed by atoms with van der Waals surface area (Å²) in [6.07, 6.45) is 4.02. The van der Waals surface area contributed by atoms with Crippen molar-refractivity contribution < 1.29 is 0 Å². The van der Waals surface area contributed by atoms with Crippen LogP contribution in [0.5, 0.6) is 0 Å². The van der Waals surface area contributed by atoms with E-state index in [2.05, 4.69) is 64.1 Å². The van der Waals surface area contributed by atoms with Crippen molar-refractivity contribution in [3.63, 3.8) is 0 Å². The minimum Gasteiger partial charge on any atom is -0.306 e. The summed E-state index contributed by atoms with van der Waals surface area (Å²) in [5.74, 6) is 0. The third kappa shape index (κ3) is 3.53. The Balaban J connectivity index is 1.33. The number of hydrogen-bond acceptors (Lipinski definition) is 4. The Labute approximate surface area is 144 Å². The topological polar surface area (TPSA) is 42.7 Å². The van der Waals surface area contributed by atoms with Gasteiger partial charge in [-0.1, -0.05) is 42.5 Å². The molecule has 4 rings (SSSR count). The second kappa shape index (κ2) is 6.95. The monoisotopic (exact) mass is 334 g/mol. The molecule has 2 aromatic carbocycles. The molecule has 4 nitrogen and oxygen atoms in total. The van der Waals surface area contributed by atoms with Gasteiger partial charge in [0.05, 0.1) is 23.0 Å². The second-order valence-corrected chi connectivity index (χ2v) is 6.83. The molecular weight excluding hydrogens is 316 g/mol. The Morgan fingerprint density at radius 1 is 0.917 bits per heavy atom. The molecule has 0 unspecified atom stereocenters. The van der Waals surface area contributed by atoms with Gasteiger partial charge in [-0.05, 0) is 17.7 Å². The van der Waals surface area contributed by atoms with Gasteiger partial charge < -0.3 is 5.32 Å². The van der Waals surface area contributed by atoms with E-state index in [1.807, 2.05) is 23.0 Å². The van der Waals surface area contributed by atoms with E-state index in [1.165, 1.54) is 15.8 Å². The van der Waals surface area contributed by atoms with Crippen molar-refractivity contribution in [3.8, 4) is 0 Å². The van der Waals surface area contributed by atoms with Crippen LogP contribution in [0.3, 0.4) is 0 Å². The highest BCUT2D eigenvalue weighted by molar-refractivity contribution is 7.18. The number of thiazole rings is 1. The number of hydrogen-bond donors (Lipinski definition) is 1. The van der Waals surface area contributed by atoms with Crippen LogP contribution in [0, 0.1) is 0 Å². The second-order valence-electron chi connectivity index (χ2n) is 5.71. The molecule has 0 saturated heterocycles. The van der Waals surface area contributed by atoms with Crippen molar-refractivity contribution in [3.05, 3.63) is 83.1 Å². The lowest BCUT2D eigenvalue weighted by molar-refractivity contribution is 0.676. The standard InChI is InChI=1S/C19H18N4S/c1-2-6-15(7-3-1)13-23-14-16(11-21-23)10-20-12-19-22-17-8-4-5-9-18(17)24-19/h1-9,11,14,20H,10,12-13H2. The third-order valence-corrected chi connectivity index (χ3v) is 4.85. The minimum atomic E-state index is 0.781. The summed E-state index contributed by atoms with van der Waals surface area (Å²) < 4.78 is 3.22. The first kappa shape index (κ1) is 15.1. The highest BCUT2D eigenvalue weighted by Gasteiger charge is 2.04. The number of nitrogens with one attached hydrogen (secondary N) is 1. The minimum absolute atomic E-state index is 0.781. The van der Waals surface area contributed by atoms with Crippen molar-refractivity contribution in [1.82, 2.24) is 20.1 Å². The lowest BCUT2D eigenvalue weighted by Crippen LogP contribution is -2.12. The first-order valence-corrected chi connectivity index (χ1v) is 8.79. The fraction of sp³-hybridized carbons (Fsp3) is 0.158. The lowest BCUT2D eigenvalue weighted by Gasteiger charge is -2.01. The zero-order valence-electron chi connectivity index (χ0n) is 13.2. The molecule has 0 atom stereocenters. The van der Waals surface area contributed by atoms with E-state index in [1.54, 1.807) is 11.3 Å². The van der Waals surface area contributed by atoms with Gasteiger partial charge in [0.25, 0.3) is 0 Å². The Bertz CT molecular complexity index is 894. The Hall–Kier alpha value is -2.50. The van der Waals surface area contributed by atoms with E-state index in [9.17, 15) is 0 Å². The number of fused-ring (bicyclic) bond motifs is 1. The van der Waals surface area contributed by atoms with Crippen LogP contribution in [0.1, 0.15) is 16.1 Å². The van der Waals surface area contributed by atoms with Gasteiger partial charge in [-0.25, -0.2) is 4.98 Å². The molecular formula is C19H18N4S. The fourth-order valence-electron chi connectivity index (χ4n) is 2.66. The molecule has 4 aromatic rings. The maximum absolute atomic E-state index is 4.64. The van der Waals surface area contributed by atoms with Crippen LogP contribution in [-0.2, 0) is 19.6 Å². The molecule has 0 amide bonds. The van der Waals surface area contributed by atoms with Crippen LogP contribution in [0.25, 0.3) is 10.2 Å². The van der Waals surface area contributed by atoms with Crippen LogP contribution < -0.4 is 5.32 Å². The van der Waals surface area contributed by atoms with Gasteiger partial charge in [-0.2, -0.15) is 5.10 Å². The zero-order valence-corrected chi connectivity index (χ0v) is 14.0. The Morgan fingerprint density at radius 2 is 1.75 bits per heavy atom. The van der Waals surface area contributed by atoms with Crippen molar-refractivity contribution >= 4 is 21.6 Å². The van der Waals surface area contributed by atoms with Crippen molar-refractivity contribution in [1.29, 1.82) is 0 Å². The Morgan fingerprint density at radius 3 is 2.62 bits per heavy atom. The predicted octanol–water partition coefficient (Wildman–Crippen LogP) is 3.83. The van der Waals surface area contributed by atoms with Crippen LogP contribution in [0.15, 0.2) is 67.0 Å². The SMILES string of the molecule is c1ccc(Cn2cc(CNCc3nc4ccccc4s3)cn2)cc1. The van der Waals surface area contributed by atoms with Gasteiger partial charge in [0.15, 0.2) is 0 Å². The van der Waals surface area contributed by atoms with Gasteiger partial charge in [-0.3, -0.25) is 4.68 Å². The van der Waals surface area contributed by atoms with Gasteiger partial charge in [0.2, 0.25) is 0 Å². The fourth-order valence-corrected chi connectivity index (χ4v) is 3.60. The number of benzene rings is 2. The number of nitrogens with zero attached hydrogens (tertiary/aromatic N) is 3. The molecule has 0 bridgehead atoms. The first-order chi connectivity index (χ1) is 11.9. The maximum Gasteiger partial charge on any atom is 0.108 e. The van der Waals surface area contributed by atoms with Gasteiger partial charge in [-0.15, -0.1) is 11.3 Å². The molecule has 2 aromatic heterocycles. The quantitative estimate of drug-likeness (QED) is 0.583. The van der Waals surface area contributed by atoms with E-state index < -0.39 is 0 Å². The van der Waals surface area contributed by atoms with Crippen LogP contribution in [-0.4, -0.2) is 14.8 Å². The van der Waals surface area contributed by atoms with E-state index in [0.717, 1.165) is 30.2 Å². The van der Waals surface area contributed by atoms with Crippen LogP contribution in [0.4, 0.5) is 0 Å². The van der Waals surface area contributed by atoms with Gasteiger partial charge >= 0.3 is 0 Å². The molecule has 0 radical (unpaired) electrons. The van der Waals surface area contributed by atoms with Crippen LogP contribution >= 0.6 is 11.3 Å². The summed E-state index contributed by atoms with van der Waals surface area (Å²) in [5.41, 5.74) is 3.52. The van der Waals surface area contributed by atoms with Crippen LogP contribution in [0.2, 0.25) is 0 Å². The van der Waals surface area contributed by atoms with Crippen molar-refractivity contribution in [2.75, 3.05) is 0 Å². The molecule has 0 spiro atoms.